The Morgan fingerprint density at radius 1 is 1.35 bits per heavy atom. The van der Waals surface area contributed by atoms with Crippen molar-refractivity contribution < 1.29 is 9.53 Å². The standard InChI is InChI=1S/C17H25NO2/c1-13(2)15-5-4-6-16(11-15)20-12-17(19)18-9-7-14(3)8-10-18/h4-6,11,13-14H,7-10,12H2,1-3H3. The Morgan fingerprint density at radius 2 is 2.05 bits per heavy atom. The molecule has 0 unspecified atom stereocenters. The molecule has 0 aliphatic carbocycles. The van der Waals surface area contributed by atoms with Crippen molar-refractivity contribution in [2.75, 3.05) is 19.7 Å². The fraction of sp³-hybridized carbons (Fsp3) is 0.588. The van der Waals surface area contributed by atoms with Gasteiger partial charge in [0.1, 0.15) is 5.75 Å². The molecule has 110 valence electrons. The van der Waals surface area contributed by atoms with Gasteiger partial charge in [0.25, 0.3) is 5.91 Å². The molecule has 0 N–H and O–H groups in total. The van der Waals surface area contributed by atoms with E-state index in [1.165, 1.54) is 5.56 Å². The molecular weight excluding hydrogens is 250 g/mol. The topological polar surface area (TPSA) is 29.5 Å². The summed E-state index contributed by atoms with van der Waals surface area (Å²) in [6.07, 6.45) is 2.21. The molecule has 0 aromatic heterocycles. The van der Waals surface area contributed by atoms with E-state index in [4.69, 9.17) is 4.74 Å². The third-order valence-corrected chi connectivity index (χ3v) is 4.02. The highest BCUT2D eigenvalue weighted by Crippen LogP contribution is 2.20. The predicted molar refractivity (Wildman–Crippen MR) is 81.0 cm³/mol. The summed E-state index contributed by atoms with van der Waals surface area (Å²) in [5.41, 5.74) is 1.24. The summed E-state index contributed by atoms with van der Waals surface area (Å²) >= 11 is 0. The first-order chi connectivity index (χ1) is 9.56. The zero-order valence-corrected chi connectivity index (χ0v) is 12.8. The normalized spacial score (nSPS) is 16.5. The van der Waals surface area contributed by atoms with Gasteiger partial charge in [-0.2, -0.15) is 0 Å². The van der Waals surface area contributed by atoms with Crippen molar-refractivity contribution in [3.63, 3.8) is 0 Å². The van der Waals surface area contributed by atoms with Gasteiger partial charge in [-0.15, -0.1) is 0 Å². The van der Waals surface area contributed by atoms with Crippen LogP contribution in [0.4, 0.5) is 0 Å². The fourth-order valence-corrected chi connectivity index (χ4v) is 2.46. The van der Waals surface area contributed by atoms with Crippen LogP contribution in [0.15, 0.2) is 24.3 Å². The minimum absolute atomic E-state index is 0.104. The second-order valence-corrected chi connectivity index (χ2v) is 6.08. The van der Waals surface area contributed by atoms with E-state index >= 15 is 0 Å². The van der Waals surface area contributed by atoms with E-state index in [9.17, 15) is 4.79 Å². The van der Waals surface area contributed by atoms with Gasteiger partial charge in [-0.05, 0) is 42.4 Å². The van der Waals surface area contributed by atoms with Crippen molar-refractivity contribution >= 4 is 5.91 Å². The highest BCUT2D eigenvalue weighted by Gasteiger charge is 2.20. The van der Waals surface area contributed by atoms with Gasteiger partial charge in [0.2, 0.25) is 0 Å². The summed E-state index contributed by atoms with van der Waals surface area (Å²) in [5.74, 6) is 2.10. The molecule has 0 spiro atoms. The molecule has 3 heteroatoms. The third kappa shape index (κ3) is 3.99. The number of rotatable bonds is 4. The van der Waals surface area contributed by atoms with Gasteiger partial charge >= 0.3 is 0 Å². The fourth-order valence-electron chi connectivity index (χ4n) is 2.46. The number of likely N-dealkylation sites (tertiary alicyclic amines) is 1. The van der Waals surface area contributed by atoms with Crippen LogP contribution in [0.5, 0.6) is 5.75 Å². The number of ether oxygens (including phenoxy) is 1. The number of hydrogen-bond donors (Lipinski definition) is 0. The molecule has 1 aliphatic rings. The molecule has 0 atom stereocenters. The first-order valence-corrected chi connectivity index (χ1v) is 7.57. The Hall–Kier alpha value is -1.51. The van der Waals surface area contributed by atoms with Gasteiger partial charge < -0.3 is 9.64 Å². The van der Waals surface area contributed by atoms with Crippen LogP contribution < -0.4 is 4.74 Å². The van der Waals surface area contributed by atoms with E-state index in [2.05, 4.69) is 26.8 Å². The zero-order chi connectivity index (χ0) is 14.5. The molecule has 0 saturated carbocycles. The number of benzene rings is 1. The third-order valence-electron chi connectivity index (χ3n) is 4.02. The molecule has 1 aromatic rings. The summed E-state index contributed by atoms with van der Waals surface area (Å²) in [7, 11) is 0. The monoisotopic (exact) mass is 275 g/mol. The summed E-state index contributed by atoms with van der Waals surface area (Å²) in [6.45, 7) is 8.44. The van der Waals surface area contributed by atoms with Gasteiger partial charge in [-0.25, -0.2) is 0 Å². The molecule has 1 fully saturated rings. The van der Waals surface area contributed by atoms with Crippen LogP contribution >= 0.6 is 0 Å². The molecule has 20 heavy (non-hydrogen) atoms. The van der Waals surface area contributed by atoms with Gasteiger partial charge in [-0.1, -0.05) is 32.9 Å². The van der Waals surface area contributed by atoms with E-state index in [1.807, 2.05) is 23.1 Å². The predicted octanol–water partition coefficient (Wildman–Crippen LogP) is 3.45. The summed E-state index contributed by atoms with van der Waals surface area (Å²) in [5, 5.41) is 0. The Balaban J connectivity index is 1.85. The minimum atomic E-state index is 0.104. The molecule has 1 aliphatic heterocycles. The quantitative estimate of drug-likeness (QED) is 0.842. The van der Waals surface area contributed by atoms with Crippen LogP contribution in [0.2, 0.25) is 0 Å². The molecule has 2 rings (SSSR count). The summed E-state index contributed by atoms with van der Waals surface area (Å²) < 4.78 is 5.65. The number of carbonyl (C=O) groups excluding carboxylic acids is 1. The van der Waals surface area contributed by atoms with Crippen molar-refractivity contribution in [2.24, 2.45) is 5.92 Å². The summed E-state index contributed by atoms with van der Waals surface area (Å²) in [4.78, 5) is 14.0. The highest BCUT2D eigenvalue weighted by molar-refractivity contribution is 5.77. The number of nitrogens with zero attached hydrogens (tertiary/aromatic N) is 1. The molecule has 1 amide bonds. The second kappa shape index (κ2) is 6.78. The Bertz CT molecular complexity index is 448. The van der Waals surface area contributed by atoms with Gasteiger partial charge in [0.15, 0.2) is 6.61 Å². The van der Waals surface area contributed by atoms with E-state index in [0.29, 0.717) is 5.92 Å². The van der Waals surface area contributed by atoms with Crippen LogP contribution in [0.1, 0.15) is 45.1 Å². The van der Waals surface area contributed by atoms with E-state index in [0.717, 1.165) is 37.6 Å². The molecule has 0 bridgehead atoms. The number of carbonyl (C=O) groups is 1. The molecule has 1 aromatic carbocycles. The van der Waals surface area contributed by atoms with Crippen LogP contribution in [-0.2, 0) is 4.79 Å². The lowest BCUT2D eigenvalue weighted by Gasteiger charge is -2.30. The first kappa shape index (κ1) is 14.9. The van der Waals surface area contributed by atoms with Gasteiger partial charge in [-0.3, -0.25) is 4.79 Å². The van der Waals surface area contributed by atoms with Crippen molar-refractivity contribution in [2.45, 2.75) is 39.5 Å². The Morgan fingerprint density at radius 3 is 2.70 bits per heavy atom. The largest absolute Gasteiger partial charge is 0.484 e. The van der Waals surface area contributed by atoms with Crippen molar-refractivity contribution in [3.8, 4) is 5.75 Å². The minimum Gasteiger partial charge on any atom is -0.484 e. The van der Waals surface area contributed by atoms with Crippen LogP contribution in [-0.4, -0.2) is 30.5 Å². The molecular formula is C17H25NO2. The Kier molecular flexibility index (Phi) is 5.05. The van der Waals surface area contributed by atoms with Crippen LogP contribution in [0.25, 0.3) is 0 Å². The number of amides is 1. The Labute approximate surface area is 121 Å². The highest BCUT2D eigenvalue weighted by atomic mass is 16.5. The lowest BCUT2D eigenvalue weighted by Crippen LogP contribution is -2.40. The molecule has 1 saturated heterocycles. The van der Waals surface area contributed by atoms with Crippen LogP contribution in [0.3, 0.4) is 0 Å². The van der Waals surface area contributed by atoms with Crippen molar-refractivity contribution in [1.82, 2.24) is 4.90 Å². The zero-order valence-electron chi connectivity index (χ0n) is 12.8. The summed E-state index contributed by atoms with van der Waals surface area (Å²) in [6, 6.07) is 8.01. The average Bonchev–Trinajstić information content (AvgIpc) is 2.46. The second-order valence-electron chi connectivity index (χ2n) is 6.08. The maximum Gasteiger partial charge on any atom is 0.260 e. The van der Waals surface area contributed by atoms with Gasteiger partial charge in [0.05, 0.1) is 0 Å². The lowest BCUT2D eigenvalue weighted by atomic mass is 9.99. The number of hydrogen-bond acceptors (Lipinski definition) is 2. The molecule has 1 heterocycles. The smallest absolute Gasteiger partial charge is 0.260 e. The number of piperidine rings is 1. The van der Waals surface area contributed by atoms with E-state index in [1.54, 1.807) is 0 Å². The van der Waals surface area contributed by atoms with E-state index in [-0.39, 0.29) is 12.5 Å². The first-order valence-electron chi connectivity index (χ1n) is 7.57. The van der Waals surface area contributed by atoms with E-state index < -0.39 is 0 Å². The molecule has 3 nitrogen and oxygen atoms in total. The van der Waals surface area contributed by atoms with Crippen molar-refractivity contribution in [1.29, 1.82) is 0 Å². The van der Waals surface area contributed by atoms with Crippen LogP contribution in [0, 0.1) is 5.92 Å². The van der Waals surface area contributed by atoms with Crippen molar-refractivity contribution in [3.05, 3.63) is 29.8 Å². The SMILES string of the molecule is CC1CCN(C(=O)COc2cccc(C(C)C)c2)CC1. The van der Waals surface area contributed by atoms with Gasteiger partial charge in [0, 0.05) is 13.1 Å². The molecule has 0 radical (unpaired) electrons. The average molecular weight is 275 g/mol. The maximum absolute atomic E-state index is 12.1. The lowest BCUT2D eigenvalue weighted by molar-refractivity contribution is -0.134. The maximum atomic E-state index is 12.1.